The van der Waals surface area contributed by atoms with Crippen LogP contribution in [0.5, 0.6) is 5.75 Å². The number of anilines is 1. The summed E-state index contributed by atoms with van der Waals surface area (Å²) in [5.41, 5.74) is 2.35. The molecular weight excluding hydrogens is 304 g/mol. The van der Waals surface area contributed by atoms with Gasteiger partial charge in [-0.25, -0.2) is 0 Å². The third-order valence-corrected chi connectivity index (χ3v) is 3.74. The minimum Gasteiger partial charge on any atom is -0.494 e. The molecule has 0 spiro atoms. The Morgan fingerprint density at radius 1 is 1.00 bits per heavy atom. The normalized spacial score (nSPS) is 10.1. The molecule has 0 radical (unpaired) electrons. The summed E-state index contributed by atoms with van der Waals surface area (Å²) in [6, 6.07) is 18.2. The van der Waals surface area contributed by atoms with Crippen molar-refractivity contribution in [1.29, 1.82) is 0 Å². The van der Waals surface area contributed by atoms with Gasteiger partial charge in [0, 0.05) is 12.2 Å². The lowest BCUT2D eigenvalue weighted by Crippen LogP contribution is -2.29. The van der Waals surface area contributed by atoms with Crippen LogP contribution < -0.4 is 15.4 Å². The Kier molecular flexibility index (Phi) is 7.40. The van der Waals surface area contributed by atoms with Gasteiger partial charge in [0.05, 0.1) is 6.61 Å². The molecule has 0 aliphatic rings. The summed E-state index contributed by atoms with van der Waals surface area (Å²) in [5, 5.41) is 7.09. The zero-order valence-corrected chi connectivity index (χ0v) is 14.4. The highest BCUT2D eigenvalue weighted by atomic mass is 32.1. The summed E-state index contributed by atoms with van der Waals surface area (Å²) in [7, 11) is 0. The van der Waals surface area contributed by atoms with E-state index in [1.54, 1.807) is 0 Å². The lowest BCUT2D eigenvalue weighted by atomic mass is 10.1. The van der Waals surface area contributed by atoms with Crippen LogP contribution in [0.1, 0.15) is 25.3 Å². The molecule has 0 amide bonds. The van der Waals surface area contributed by atoms with E-state index in [1.807, 2.05) is 30.3 Å². The molecule has 2 N–H and O–H groups in total. The number of rotatable bonds is 8. The number of hydrogen-bond acceptors (Lipinski definition) is 2. The van der Waals surface area contributed by atoms with Gasteiger partial charge in [-0.2, -0.15) is 0 Å². The van der Waals surface area contributed by atoms with E-state index in [9.17, 15) is 0 Å². The Bertz CT molecular complexity index is 584. The maximum Gasteiger partial charge on any atom is 0.170 e. The third kappa shape index (κ3) is 6.70. The fourth-order valence-corrected chi connectivity index (χ4v) is 2.35. The Hall–Kier alpha value is -2.07. The molecule has 0 aliphatic heterocycles. The smallest absolute Gasteiger partial charge is 0.170 e. The van der Waals surface area contributed by atoms with E-state index in [4.69, 9.17) is 17.0 Å². The molecule has 2 rings (SSSR count). The van der Waals surface area contributed by atoms with Gasteiger partial charge in [0.2, 0.25) is 0 Å². The molecule has 2 aromatic rings. The highest BCUT2D eigenvalue weighted by molar-refractivity contribution is 7.80. The lowest BCUT2D eigenvalue weighted by Gasteiger charge is -2.11. The van der Waals surface area contributed by atoms with Crippen molar-refractivity contribution in [2.24, 2.45) is 0 Å². The summed E-state index contributed by atoms with van der Waals surface area (Å²) in [6.45, 7) is 3.72. The van der Waals surface area contributed by atoms with Gasteiger partial charge in [-0.05, 0) is 61.3 Å². The van der Waals surface area contributed by atoms with Gasteiger partial charge in [0.25, 0.3) is 0 Å². The zero-order chi connectivity index (χ0) is 16.3. The van der Waals surface area contributed by atoms with Gasteiger partial charge >= 0.3 is 0 Å². The molecule has 0 fully saturated rings. The standard InChI is InChI=1S/C19H24N2OS/c1-2-16-10-12-17(13-11-16)21-19(23)20-14-6-7-15-22-18-8-4-3-5-9-18/h3-5,8-13H,2,6-7,14-15H2,1H3,(H2,20,21,23). The number of benzene rings is 2. The van der Waals surface area contributed by atoms with Crippen LogP contribution in [0.25, 0.3) is 0 Å². The van der Waals surface area contributed by atoms with Crippen LogP contribution in [0.2, 0.25) is 0 Å². The quantitative estimate of drug-likeness (QED) is 0.556. The molecule has 0 aromatic heterocycles. The number of para-hydroxylation sites is 1. The first-order valence-electron chi connectivity index (χ1n) is 8.09. The summed E-state index contributed by atoms with van der Waals surface area (Å²) >= 11 is 5.30. The summed E-state index contributed by atoms with van der Waals surface area (Å²) in [6.07, 6.45) is 3.06. The molecule has 0 heterocycles. The fraction of sp³-hybridized carbons (Fsp3) is 0.316. The third-order valence-electron chi connectivity index (χ3n) is 3.49. The number of nitrogens with one attached hydrogen (secondary N) is 2. The van der Waals surface area contributed by atoms with E-state index >= 15 is 0 Å². The predicted octanol–water partition coefficient (Wildman–Crippen LogP) is 4.39. The summed E-state index contributed by atoms with van der Waals surface area (Å²) in [5.74, 6) is 0.924. The van der Waals surface area contributed by atoms with Crippen LogP contribution in [-0.4, -0.2) is 18.3 Å². The Morgan fingerprint density at radius 2 is 1.74 bits per heavy atom. The average Bonchev–Trinajstić information content (AvgIpc) is 2.59. The van der Waals surface area contributed by atoms with Crippen molar-refractivity contribution >= 4 is 23.0 Å². The molecule has 4 heteroatoms. The van der Waals surface area contributed by atoms with Gasteiger partial charge in [-0.3, -0.25) is 0 Å². The Morgan fingerprint density at radius 3 is 2.43 bits per heavy atom. The van der Waals surface area contributed by atoms with Crippen molar-refractivity contribution in [3.8, 4) is 5.75 Å². The van der Waals surface area contributed by atoms with Gasteiger partial charge in [-0.1, -0.05) is 37.3 Å². The largest absolute Gasteiger partial charge is 0.494 e. The topological polar surface area (TPSA) is 33.3 Å². The highest BCUT2D eigenvalue weighted by Gasteiger charge is 1.98. The lowest BCUT2D eigenvalue weighted by molar-refractivity contribution is 0.307. The van der Waals surface area contributed by atoms with Crippen LogP contribution in [0.15, 0.2) is 54.6 Å². The first-order valence-corrected chi connectivity index (χ1v) is 8.50. The number of thiocarbonyl (C=S) groups is 1. The number of ether oxygens (including phenoxy) is 1. The van der Waals surface area contributed by atoms with Crippen LogP contribution in [0.4, 0.5) is 5.69 Å². The van der Waals surface area contributed by atoms with Crippen molar-refractivity contribution < 1.29 is 4.74 Å². The Labute approximate surface area is 144 Å². The molecule has 0 bridgehead atoms. The second-order valence-electron chi connectivity index (χ2n) is 5.30. The van der Waals surface area contributed by atoms with Gasteiger partial charge < -0.3 is 15.4 Å². The van der Waals surface area contributed by atoms with Crippen LogP contribution in [0.3, 0.4) is 0 Å². The summed E-state index contributed by atoms with van der Waals surface area (Å²) in [4.78, 5) is 0. The van der Waals surface area contributed by atoms with Crippen LogP contribution in [0, 0.1) is 0 Å². The van der Waals surface area contributed by atoms with Gasteiger partial charge in [0.1, 0.15) is 5.75 Å². The van der Waals surface area contributed by atoms with Gasteiger partial charge in [0.15, 0.2) is 5.11 Å². The molecule has 3 nitrogen and oxygen atoms in total. The van der Waals surface area contributed by atoms with Crippen molar-refractivity contribution in [2.45, 2.75) is 26.2 Å². The number of unbranched alkanes of at least 4 members (excludes halogenated alkanes) is 1. The highest BCUT2D eigenvalue weighted by Crippen LogP contribution is 2.10. The van der Waals surface area contributed by atoms with Crippen LogP contribution in [-0.2, 0) is 6.42 Å². The fourth-order valence-electron chi connectivity index (χ4n) is 2.13. The van der Waals surface area contributed by atoms with Crippen molar-refractivity contribution in [3.63, 3.8) is 0 Å². The van der Waals surface area contributed by atoms with Gasteiger partial charge in [-0.15, -0.1) is 0 Å². The first kappa shape index (κ1) is 17.3. The van der Waals surface area contributed by atoms with E-state index in [2.05, 4.69) is 41.8 Å². The van der Waals surface area contributed by atoms with Crippen LogP contribution >= 0.6 is 12.2 Å². The monoisotopic (exact) mass is 328 g/mol. The van der Waals surface area contributed by atoms with E-state index in [0.717, 1.165) is 43.9 Å². The molecule has 23 heavy (non-hydrogen) atoms. The molecule has 0 atom stereocenters. The molecule has 0 saturated carbocycles. The van der Waals surface area contributed by atoms with E-state index in [1.165, 1.54) is 5.56 Å². The van der Waals surface area contributed by atoms with Crippen molar-refractivity contribution in [1.82, 2.24) is 5.32 Å². The summed E-state index contributed by atoms with van der Waals surface area (Å²) < 4.78 is 5.65. The first-order chi connectivity index (χ1) is 11.3. The minimum atomic E-state index is 0.665. The second kappa shape index (κ2) is 9.85. The number of aryl methyl sites for hydroxylation is 1. The second-order valence-corrected chi connectivity index (χ2v) is 5.71. The van der Waals surface area contributed by atoms with Crippen molar-refractivity contribution in [2.75, 3.05) is 18.5 Å². The zero-order valence-electron chi connectivity index (χ0n) is 13.5. The molecule has 0 aliphatic carbocycles. The molecule has 0 saturated heterocycles. The average molecular weight is 328 g/mol. The minimum absolute atomic E-state index is 0.665. The predicted molar refractivity (Wildman–Crippen MR) is 101 cm³/mol. The van der Waals surface area contributed by atoms with E-state index in [-0.39, 0.29) is 0 Å². The van der Waals surface area contributed by atoms with E-state index in [0.29, 0.717) is 5.11 Å². The van der Waals surface area contributed by atoms with Crippen molar-refractivity contribution in [3.05, 3.63) is 60.2 Å². The molecule has 0 unspecified atom stereocenters. The SMILES string of the molecule is CCc1ccc(NC(=S)NCCCCOc2ccccc2)cc1. The number of hydrogen-bond donors (Lipinski definition) is 2. The molecular formula is C19H24N2OS. The molecule has 122 valence electrons. The van der Waals surface area contributed by atoms with E-state index < -0.39 is 0 Å². The maximum atomic E-state index is 5.65. The Balaban J connectivity index is 1.56. The maximum absolute atomic E-state index is 5.65. The molecule has 2 aromatic carbocycles.